The molecule has 1 unspecified atom stereocenters. The van der Waals surface area contributed by atoms with Gasteiger partial charge in [-0.1, -0.05) is 19.1 Å². The molecule has 1 rings (SSSR count). The molecule has 4 nitrogen and oxygen atoms in total. The molecular weight excluding hydrogens is 236 g/mol. The molecule has 0 bridgehead atoms. The molecule has 1 saturated carbocycles. The lowest BCUT2D eigenvalue weighted by molar-refractivity contribution is -0.132. The van der Waals surface area contributed by atoms with Gasteiger partial charge in [0.05, 0.1) is 17.5 Å². The highest BCUT2D eigenvalue weighted by Crippen LogP contribution is 2.28. The van der Waals surface area contributed by atoms with E-state index < -0.39 is 0 Å². The first-order chi connectivity index (χ1) is 8.06. The third kappa shape index (κ3) is 5.00. The SMILES string of the molecule is CCC(C(=O)N(C)CCOCC1CC1)C(N)=S. The smallest absolute Gasteiger partial charge is 0.232 e. The summed E-state index contributed by atoms with van der Waals surface area (Å²) in [5.41, 5.74) is 5.54. The zero-order valence-electron chi connectivity index (χ0n) is 10.6. The van der Waals surface area contributed by atoms with Crippen LogP contribution in [0.25, 0.3) is 0 Å². The van der Waals surface area contributed by atoms with E-state index in [1.165, 1.54) is 12.8 Å². The second-order valence-electron chi connectivity index (χ2n) is 4.64. The first kappa shape index (κ1) is 14.4. The van der Waals surface area contributed by atoms with Gasteiger partial charge in [-0.15, -0.1) is 0 Å². The molecule has 0 radical (unpaired) electrons. The number of amides is 1. The highest BCUT2D eigenvalue weighted by atomic mass is 32.1. The van der Waals surface area contributed by atoms with Crippen molar-refractivity contribution >= 4 is 23.1 Å². The fraction of sp³-hybridized carbons (Fsp3) is 0.833. The molecule has 0 aromatic rings. The van der Waals surface area contributed by atoms with E-state index in [1.807, 2.05) is 6.92 Å². The highest BCUT2D eigenvalue weighted by Gasteiger charge is 2.23. The summed E-state index contributed by atoms with van der Waals surface area (Å²) >= 11 is 4.89. The third-order valence-electron chi connectivity index (χ3n) is 3.05. The minimum atomic E-state index is -0.335. The Morgan fingerprint density at radius 2 is 2.24 bits per heavy atom. The number of nitrogens with zero attached hydrogens (tertiary/aromatic N) is 1. The standard InChI is InChI=1S/C12H22N2O2S/c1-3-10(11(13)17)12(15)14(2)6-7-16-8-9-4-5-9/h9-10H,3-8H2,1-2H3,(H2,13,17). The van der Waals surface area contributed by atoms with Gasteiger partial charge in [0, 0.05) is 20.2 Å². The minimum Gasteiger partial charge on any atom is -0.393 e. The van der Waals surface area contributed by atoms with E-state index in [-0.39, 0.29) is 16.8 Å². The van der Waals surface area contributed by atoms with Gasteiger partial charge in [0.1, 0.15) is 0 Å². The van der Waals surface area contributed by atoms with Gasteiger partial charge in [0.2, 0.25) is 5.91 Å². The summed E-state index contributed by atoms with van der Waals surface area (Å²) in [4.78, 5) is 13.9. The molecule has 17 heavy (non-hydrogen) atoms. The monoisotopic (exact) mass is 258 g/mol. The first-order valence-electron chi connectivity index (χ1n) is 6.18. The van der Waals surface area contributed by atoms with Gasteiger partial charge in [0.15, 0.2) is 0 Å². The maximum Gasteiger partial charge on any atom is 0.232 e. The van der Waals surface area contributed by atoms with Crippen LogP contribution in [0.15, 0.2) is 0 Å². The van der Waals surface area contributed by atoms with Gasteiger partial charge in [-0.2, -0.15) is 0 Å². The predicted octanol–water partition coefficient (Wildman–Crippen LogP) is 1.18. The summed E-state index contributed by atoms with van der Waals surface area (Å²) in [7, 11) is 1.77. The van der Waals surface area contributed by atoms with E-state index in [4.69, 9.17) is 22.7 Å². The second kappa shape index (κ2) is 6.91. The Kier molecular flexibility index (Phi) is 5.85. The molecule has 1 amide bonds. The van der Waals surface area contributed by atoms with E-state index in [9.17, 15) is 4.79 Å². The number of hydrogen-bond donors (Lipinski definition) is 1. The van der Waals surface area contributed by atoms with Crippen molar-refractivity contribution in [1.82, 2.24) is 4.90 Å². The summed E-state index contributed by atoms with van der Waals surface area (Å²) in [5, 5.41) is 0. The van der Waals surface area contributed by atoms with Gasteiger partial charge >= 0.3 is 0 Å². The lowest BCUT2D eigenvalue weighted by Crippen LogP contribution is -2.40. The maximum absolute atomic E-state index is 12.0. The van der Waals surface area contributed by atoms with Crippen LogP contribution in [-0.2, 0) is 9.53 Å². The van der Waals surface area contributed by atoms with Crippen LogP contribution in [0.3, 0.4) is 0 Å². The fourth-order valence-electron chi connectivity index (χ4n) is 1.61. The van der Waals surface area contributed by atoms with Crippen molar-refractivity contribution < 1.29 is 9.53 Å². The van der Waals surface area contributed by atoms with Crippen LogP contribution in [0.2, 0.25) is 0 Å². The van der Waals surface area contributed by atoms with Gasteiger partial charge in [-0.05, 0) is 25.2 Å². The summed E-state index contributed by atoms with van der Waals surface area (Å²) in [6.07, 6.45) is 3.23. The largest absolute Gasteiger partial charge is 0.393 e. The third-order valence-corrected chi connectivity index (χ3v) is 3.33. The molecule has 1 fully saturated rings. The van der Waals surface area contributed by atoms with E-state index in [1.54, 1.807) is 11.9 Å². The zero-order valence-corrected chi connectivity index (χ0v) is 11.5. The summed E-state index contributed by atoms with van der Waals surface area (Å²) in [6, 6.07) is 0. The predicted molar refractivity (Wildman–Crippen MR) is 71.7 cm³/mol. The average molecular weight is 258 g/mol. The van der Waals surface area contributed by atoms with Crippen molar-refractivity contribution in [2.24, 2.45) is 17.6 Å². The molecule has 0 aromatic carbocycles. The summed E-state index contributed by atoms with van der Waals surface area (Å²) in [5.74, 6) is 0.421. The Morgan fingerprint density at radius 1 is 1.59 bits per heavy atom. The molecule has 0 saturated heterocycles. The molecule has 0 aliphatic heterocycles. The molecule has 2 N–H and O–H groups in total. The number of likely N-dealkylation sites (N-methyl/N-ethyl adjacent to an activating group) is 1. The number of nitrogens with two attached hydrogens (primary N) is 1. The zero-order chi connectivity index (χ0) is 12.8. The molecule has 1 atom stereocenters. The Balaban J connectivity index is 2.21. The number of thiocarbonyl (C=S) groups is 1. The lowest BCUT2D eigenvalue weighted by Gasteiger charge is -2.22. The molecule has 0 spiro atoms. The van der Waals surface area contributed by atoms with Gasteiger partial charge in [-0.25, -0.2) is 0 Å². The number of hydrogen-bond acceptors (Lipinski definition) is 3. The number of carbonyl (C=O) groups is 1. The molecule has 98 valence electrons. The number of carbonyl (C=O) groups excluding carboxylic acids is 1. The van der Waals surface area contributed by atoms with Crippen LogP contribution in [0.5, 0.6) is 0 Å². The van der Waals surface area contributed by atoms with Crippen LogP contribution in [-0.4, -0.2) is 42.6 Å². The van der Waals surface area contributed by atoms with Crippen molar-refractivity contribution in [3.63, 3.8) is 0 Å². The van der Waals surface area contributed by atoms with E-state index in [2.05, 4.69) is 0 Å². The Hall–Kier alpha value is -0.680. The van der Waals surface area contributed by atoms with Crippen molar-refractivity contribution in [1.29, 1.82) is 0 Å². The molecular formula is C12H22N2O2S. The summed E-state index contributed by atoms with van der Waals surface area (Å²) < 4.78 is 5.49. The van der Waals surface area contributed by atoms with Gasteiger partial charge < -0.3 is 15.4 Å². The van der Waals surface area contributed by atoms with Crippen LogP contribution in [0, 0.1) is 11.8 Å². The number of ether oxygens (including phenoxy) is 1. The maximum atomic E-state index is 12.0. The van der Waals surface area contributed by atoms with E-state index >= 15 is 0 Å². The van der Waals surface area contributed by atoms with E-state index in [0.717, 1.165) is 12.5 Å². The van der Waals surface area contributed by atoms with Gasteiger partial charge in [0.25, 0.3) is 0 Å². The molecule has 1 aliphatic carbocycles. The van der Waals surface area contributed by atoms with Crippen LogP contribution >= 0.6 is 12.2 Å². The van der Waals surface area contributed by atoms with Crippen LogP contribution in [0.4, 0.5) is 0 Å². The molecule has 0 aromatic heterocycles. The Labute approximate surface area is 108 Å². The second-order valence-corrected chi connectivity index (χ2v) is 5.11. The van der Waals surface area contributed by atoms with Gasteiger partial charge in [-0.3, -0.25) is 4.79 Å². The lowest BCUT2D eigenvalue weighted by atomic mass is 10.1. The van der Waals surface area contributed by atoms with E-state index in [0.29, 0.717) is 19.6 Å². The van der Waals surface area contributed by atoms with Crippen molar-refractivity contribution in [3.05, 3.63) is 0 Å². The normalized spacial score (nSPS) is 16.6. The van der Waals surface area contributed by atoms with Crippen molar-refractivity contribution in [3.8, 4) is 0 Å². The Bertz CT molecular complexity index is 280. The summed E-state index contributed by atoms with van der Waals surface area (Å²) in [6.45, 7) is 3.94. The van der Waals surface area contributed by atoms with Crippen LogP contribution in [0.1, 0.15) is 26.2 Å². The molecule has 5 heteroatoms. The minimum absolute atomic E-state index is 0.00461. The van der Waals surface area contributed by atoms with Crippen LogP contribution < -0.4 is 5.73 Å². The average Bonchev–Trinajstić information content (AvgIpc) is 3.08. The van der Waals surface area contributed by atoms with Crippen molar-refractivity contribution in [2.75, 3.05) is 26.8 Å². The molecule has 0 heterocycles. The first-order valence-corrected chi connectivity index (χ1v) is 6.59. The Morgan fingerprint density at radius 3 is 2.71 bits per heavy atom. The van der Waals surface area contributed by atoms with Crippen molar-refractivity contribution in [2.45, 2.75) is 26.2 Å². The highest BCUT2D eigenvalue weighted by molar-refractivity contribution is 7.80. The topological polar surface area (TPSA) is 55.6 Å². The number of rotatable bonds is 8. The fourth-order valence-corrected chi connectivity index (χ4v) is 1.88. The molecule has 1 aliphatic rings. The quantitative estimate of drug-likeness (QED) is 0.525.